The second kappa shape index (κ2) is 9.38. The van der Waals surface area contributed by atoms with Crippen LogP contribution in [-0.4, -0.2) is 91.0 Å². The van der Waals surface area contributed by atoms with Gasteiger partial charge in [0.25, 0.3) is 0 Å². The third-order valence-electron chi connectivity index (χ3n) is 7.57. The number of morpholine rings is 1. The van der Waals surface area contributed by atoms with Gasteiger partial charge in [0.1, 0.15) is 0 Å². The summed E-state index contributed by atoms with van der Waals surface area (Å²) >= 11 is 0. The van der Waals surface area contributed by atoms with Gasteiger partial charge in [0.2, 0.25) is 5.91 Å². The number of likely N-dealkylation sites (tertiary alicyclic amines) is 2. The van der Waals surface area contributed by atoms with E-state index in [2.05, 4.69) is 39.2 Å². The number of amides is 2. The van der Waals surface area contributed by atoms with E-state index in [-0.39, 0.29) is 11.9 Å². The molecule has 3 aliphatic heterocycles. The molecule has 34 heavy (non-hydrogen) atoms. The lowest BCUT2D eigenvalue weighted by atomic mass is 9.72. The van der Waals surface area contributed by atoms with Crippen molar-refractivity contribution in [2.75, 3.05) is 69.3 Å². The predicted octanol–water partition coefficient (Wildman–Crippen LogP) is 2.27. The summed E-state index contributed by atoms with van der Waals surface area (Å²) in [6.45, 7) is 9.62. The lowest BCUT2D eigenvalue weighted by Crippen LogP contribution is -2.60. The Morgan fingerprint density at radius 3 is 2.50 bits per heavy atom. The molecule has 182 valence electrons. The van der Waals surface area contributed by atoms with Crippen molar-refractivity contribution in [1.82, 2.24) is 19.6 Å². The fourth-order valence-electron chi connectivity index (χ4n) is 5.42. The number of carbonyl (C=O) groups excluding carboxylic acids is 2. The number of benzene rings is 1. The molecule has 9 heteroatoms. The average Bonchev–Trinajstić information content (AvgIpc) is 3.34. The van der Waals surface area contributed by atoms with Gasteiger partial charge in [-0.05, 0) is 29.9 Å². The van der Waals surface area contributed by atoms with Gasteiger partial charge in [-0.15, -0.1) is 0 Å². The van der Waals surface area contributed by atoms with E-state index in [9.17, 15) is 9.59 Å². The van der Waals surface area contributed by atoms with Gasteiger partial charge >= 0.3 is 6.03 Å². The maximum Gasteiger partial charge on any atom is 0.344 e. The maximum absolute atomic E-state index is 12.9. The standard InChI is InChI=1S/C25H34N6O3/c1-20(32)27(2)22-15-26-31(17-22)24(33)30-9-7-25(8-10-30)18-28(19-25)16-21-5-3-4-6-23(21)29-11-13-34-14-12-29/h3-6,15,17H,7-14,16,18-19H2,1-2H3. The normalized spacial score (nSPS) is 20.3. The Bertz CT molecular complexity index is 1030. The number of ether oxygens (including phenoxy) is 1. The molecule has 3 aliphatic rings. The van der Waals surface area contributed by atoms with Crippen molar-refractivity contribution in [3.63, 3.8) is 0 Å². The van der Waals surface area contributed by atoms with Gasteiger partial charge in [0.05, 0.1) is 31.3 Å². The molecule has 0 atom stereocenters. The first-order chi connectivity index (χ1) is 16.4. The molecule has 2 amide bonds. The van der Waals surface area contributed by atoms with Gasteiger partial charge < -0.3 is 19.4 Å². The maximum atomic E-state index is 12.9. The molecule has 0 radical (unpaired) electrons. The molecule has 3 fully saturated rings. The number of carbonyl (C=O) groups is 2. The van der Waals surface area contributed by atoms with Crippen molar-refractivity contribution in [2.24, 2.45) is 5.41 Å². The van der Waals surface area contributed by atoms with Crippen LogP contribution in [0.3, 0.4) is 0 Å². The molecule has 0 bridgehead atoms. The number of aromatic nitrogens is 2. The Morgan fingerprint density at radius 1 is 1.09 bits per heavy atom. The molecule has 1 spiro atoms. The van der Waals surface area contributed by atoms with Crippen molar-refractivity contribution in [2.45, 2.75) is 26.3 Å². The van der Waals surface area contributed by atoms with E-state index in [4.69, 9.17) is 4.74 Å². The van der Waals surface area contributed by atoms with Crippen LogP contribution in [0.5, 0.6) is 0 Å². The summed E-state index contributed by atoms with van der Waals surface area (Å²) in [5.74, 6) is -0.0889. The predicted molar refractivity (Wildman–Crippen MR) is 130 cm³/mol. The molecule has 1 aromatic heterocycles. The van der Waals surface area contributed by atoms with Gasteiger partial charge in [-0.1, -0.05) is 18.2 Å². The zero-order chi connectivity index (χ0) is 23.7. The van der Waals surface area contributed by atoms with Gasteiger partial charge in [0, 0.05) is 65.5 Å². The second-order valence-corrected chi connectivity index (χ2v) is 9.86. The summed E-state index contributed by atoms with van der Waals surface area (Å²) in [7, 11) is 1.68. The third-order valence-corrected chi connectivity index (χ3v) is 7.57. The second-order valence-electron chi connectivity index (χ2n) is 9.86. The monoisotopic (exact) mass is 466 g/mol. The molecule has 3 saturated heterocycles. The Labute approximate surface area is 200 Å². The van der Waals surface area contributed by atoms with Gasteiger partial charge in [-0.25, -0.2) is 4.79 Å². The number of piperidine rings is 1. The van der Waals surface area contributed by atoms with E-state index in [1.165, 1.54) is 27.8 Å². The minimum Gasteiger partial charge on any atom is -0.378 e. The first kappa shape index (κ1) is 22.9. The van der Waals surface area contributed by atoms with Crippen molar-refractivity contribution in [1.29, 1.82) is 0 Å². The number of rotatable bonds is 4. The van der Waals surface area contributed by atoms with E-state index >= 15 is 0 Å². The Morgan fingerprint density at radius 2 is 1.79 bits per heavy atom. The van der Waals surface area contributed by atoms with Crippen LogP contribution in [0.15, 0.2) is 36.7 Å². The highest BCUT2D eigenvalue weighted by Gasteiger charge is 2.45. The van der Waals surface area contributed by atoms with Crippen LogP contribution in [0.4, 0.5) is 16.2 Å². The fourth-order valence-corrected chi connectivity index (χ4v) is 5.42. The first-order valence-corrected chi connectivity index (χ1v) is 12.2. The first-order valence-electron chi connectivity index (χ1n) is 12.2. The topological polar surface area (TPSA) is 74.2 Å². The minimum absolute atomic E-state index is 0.0889. The van der Waals surface area contributed by atoms with Gasteiger partial charge in [-0.2, -0.15) is 9.78 Å². The molecule has 0 saturated carbocycles. The lowest BCUT2D eigenvalue weighted by molar-refractivity contribution is -0.116. The summed E-state index contributed by atoms with van der Waals surface area (Å²) in [6, 6.07) is 8.62. The summed E-state index contributed by atoms with van der Waals surface area (Å²) < 4.78 is 6.87. The van der Waals surface area contributed by atoms with Gasteiger partial charge in [0.15, 0.2) is 0 Å². The number of hydrogen-bond donors (Lipinski definition) is 0. The summed E-state index contributed by atoms with van der Waals surface area (Å²) in [4.78, 5) is 32.8. The van der Waals surface area contributed by atoms with Crippen LogP contribution >= 0.6 is 0 Å². The van der Waals surface area contributed by atoms with Crippen molar-refractivity contribution in [3.8, 4) is 0 Å². The van der Waals surface area contributed by atoms with E-state index in [0.717, 1.165) is 71.9 Å². The zero-order valence-electron chi connectivity index (χ0n) is 20.2. The number of nitrogens with zero attached hydrogens (tertiary/aromatic N) is 6. The van der Waals surface area contributed by atoms with Crippen LogP contribution in [0.2, 0.25) is 0 Å². The minimum atomic E-state index is -0.117. The van der Waals surface area contributed by atoms with Crippen LogP contribution < -0.4 is 9.80 Å². The molecular formula is C25H34N6O3. The Kier molecular flexibility index (Phi) is 6.31. The molecule has 0 unspecified atom stereocenters. The number of para-hydroxylation sites is 1. The molecular weight excluding hydrogens is 432 g/mol. The van der Waals surface area contributed by atoms with E-state index < -0.39 is 0 Å². The smallest absolute Gasteiger partial charge is 0.344 e. The molecule has 1 aromatic carbocycles. The SMILES string of the molecule is CC(=O)N(C)c1cnn(C(=O)N2CCC3(CC2)CN(Cc2ccccc2N2CCOCC2)C3)c1. The molecule has 2 aromatic rings. The highest BCUT2D eigenvalue weighted by molar-refractivity contribution is 5.91. The molecule has 4 heterocycles. The van der Waals surface area contributed by atoms with Crippen molar-refractivity contribution < 1.29 is 14.3 Å². The van der Waals surface area contributed by atoms with Gasteiger partial charge in [-0.3, -0.25) is 9.69 Å². The van der Waals surface area contributed by atoms with E-state index in [1.807, 2.05) is 4.90 Å². The summed E-state index contributed by atoms with van der Waals surface area (Å²) in [5, 5.41) is 4.18. The highest BCUT2D eigenvalue weighted by atomic mass is 16.5. The molecule has 5 rings (SSSR count). The van der Waals surface area contributed by atoms with Crippen molar-refractivity contribution >= 4 is 23.3 Å². The summed E-state index contributed by atoms with van der Waals surface area (Å²) in [6.07, 6.45) is 5.22. The van der Waals surface area contributed by atoms with Crippen LogP contribution in [-0.2, 0) is 16.1 Å². The average molecular weight is 467 g/mol. The Hall–Kier alpha value is -2.91. The Balaban J connectivity index is 1.14. The zero-order valence-corrected chi connectivity index (χ0v) is 20.2. The van der Waals surface area contributed by atoms with Crippen LogP contribution in [0.25, 0.3) is 0 Å². The van der Waals surface area contributed by atoms with E-state index in [0.29, 0.717) is 11.1 Å². The lowest BCUT2D eigenvalue weighted by Gasteiger charge is -2.54. The third kappa shape index (κ3) is 4.54. The van der Waals surface area contributed by atoms with Crippen LogP contribution in [0.1, 0.15) is 25.3 Å². The fraction of sp³-hybridized carbons (Fsp3) is 0.560. The quantitative estimate of drug-likeness (QED) is 0.688. The van der Waals surface area contributed by atoms with E-state index in [1.54, 1.807) is 19.4 Å². The molecule has 0 aliphatic carbocycles. The highest BCUT2D eigenvalue weighted by Crippen LogP contribution is 2.41. The summed E-state index contributed by atoms with van der Waals surface area (Å²) in [5.41, 5.74) is 3.66. The number of hydrogen-bond acceptors (Lipinski definition) is 6. The molecule has 0 N–H and O–H groups in total. The largest absolute Gasteiger partial charge is 0.378 e. The van der Waals surface area contributed by atoms with Crippen molar-refractivity contribution in [3.05, 3.63) is 42.2 Å². The van der Waals surface area contributed by atoms with Crippen LogP contribution in [0, 0.1) is 5.41 Å². The molecule has 9 nitrogen and oxygen atoms in total. The number of anilines is 2.